The first-order valence-corrected chi connectivity index (χ1v) is 6.12. The highest BCUT2D eigenvalue weighted by Crippen LogP contribution is 2.17. The van der Waals surface area contributed by atoms with Crippen LogP contribution in [0.1, 0.15) is 12.8 Å². The molecule has 20 heavy (non-hydrogen) atoms. The summed E-state index contributed by atoms with van der Waals surface area (Å²) >= 11 is 0. The van der Waals surface area contributed by atoms with Gasteiger partial charge in [0.15, 0.2) is 0 Å². The second-order valence-corrected chi connectivity index (χ2v) is 4.29. The summed E-state index contributed by atoms with van der Waals surface area (Å²) in [7, 11) is 0. The third-order valence-electron chi connectivity index (χ3n) is 2.87. The van der Waals surface area contributed by atoms with Gasteiger partial charge in [0.05, 0.1) is 6.54 Å². The number of amides is 3. The Morgan fingerprint density at radius 2 is 1.85 bits per heavy atom. The van der Waals surface area contributed by atoms with E-state index in [1.807, 2.05) is 0 Å². The molecule has 0 bridgehead atoms. The number of aliphatic hydroxyl groups is 1. The van der Waals surface area contributed by atoms with Gasteiger partial charge in [-0.15, -0.1) is 0 Å². The average Bonchev–Trinajstić information content (AvgIpc) is 2.90. The Morgan fingerprint density at radius 1 is 1.15 bits per heavy atom. The summed E-state index contributed by atoms with van der Waals surface area (Å²) in [6, 6.07) is -0.693. The number of nitrogens with one attached hydrogen (secondary N) is 2. The Kier molecular flexibility index (Phi) is 5.91. The molecular weight excluding hydrogens is 270 g/mol. The molecule has 0 aromatic heterocycles. The molecule has 112 valence electrons. The van der Waals surface area contributed by atoms with Crippen LogP contribution in [0.3, 0.4) is 0 Å². The quantitative estimate of drug-likeness (QED) is 0.419. The Balaban J connectivity index is 2.40. The summed E-state index contributed by atoms with van der Waals surface area (Å²) < 4.78 is 0. The zero-order chi connectivity index (χ0) is 15.1. The van der Waals surface area contributed by atoms with Crippen LogP contribution in [0.25, 0.3) is 0 Å². The molecular formula is C11H17N3O6. The molecule has 4 N–H and O–H groups in total. The molecule has 1 fully saturated rings. The topological polar surface area (TPSA) is 136 Å². The van der Waals surface area contributed by atoms with E-state index >= 15 is 0 Å². The summed E-state index contributed by atoms with van der Waals surface area (Å²) in [6.45, 7) is -1.15. The molecule has 0 radical (unpaired) electrons. The number of carboxylic acid groups (broad SMARTS) is 1. The predicted octanol–water partition coefficient (Wildman–Crippen LogP) is -2.71. The first-order valence-electron chi connectivity index (χ1n) is 6.12. The van der Waals surface area contributed by atoms with E-state index in [4.69, 9.17) is 10.2 Å². The third-order valence-corrected chi connectivity index (χ3v) is 2.87. The van der Waals surface area contributed by atoms with Gasteiger partial charge in [-0.3, -0.25) is 19.2 Å². The molecule has 0 aromatic rings. The molecule has 9 nitrogen and oxygen atoms in total. The molecule has 1 atom stereocenters. The van der Waals surface area contributed by atoms with Crippen LogP contribution in [0, 0.1) is 0 Å². The highest BCUT2D eigenvalue weighted by molar-refractivity contribution is 5.91. The van der Waals surface area contributed by atoms with Crippen LogP contribution in [0.2, 0.25) is 0 Å². The molecule has 1 rings (SSSR count). The van der Waals surface area contributed by atoms with Crippen molar-refractivity contribution in [2.75, 3.05) is 26.2 Å². The average molecular weight is 287 g/mol. The number of hydrogen-bond donors (Lipinski definition) is 4. The van der Waals surface area contributed by atoms with E-state index in [-0.39, 0.29) is 6.54 Å². The van der Waals surface area contributed by atoms with Crippen LogP contribution >= 0.6 is 0 Å². The van der Waals surface area contributed by atoms with Gasteiger partial charge in [-0.1, -0.05) is 0 Å². The van der Waals surface area contributed by atoms with Crippen molar-refractivity contribution in [3.63, 3.8) is 0 Å². The van der Waals surface area contributed by atoms with Crippen LogP contribution in [-0.4, -0.2) is 71.1 Å². The number of rotatable bonds is 6. The number of aliphatic carboxylic acids is 1. The first-order chi connectivity index (χ1) is 9.45. The number of carbonyl (C=O) groups is 4. The minimum absolute atomic E-state index is 0.357. The fourth-order valence-electron chi connectivity index (χ4n) is 1.95. The number of hydrogen-bond acceptors (Lipinski definition) is 5. The van der Waals surface area contributed by atoms with E-state index in [9.17, 15) is 19.2 Å². The van der Waals surface area contributed by atoms with Crippen molar-refractivity contribution in [1.29, 1.82) is 0 Å². The van der Waals surface area contributed by atoms with Crippen LogP contribution in [-0.2, 0) is 19.2 Å². The third kappa shape index (κ3) is 4.50. The Morgan fingerprint density at radius 3 is 2.45 bits per heavy atom. The van der Waals surface area contributed by atoms with Crippen molar-refractivity contribution in [3.8, 4) is 0 Å². The SMILES string of the molecule is O=C(O)CNC(=O)CNC(=O)C1CCCN1C(=O)CO. The monoisotopic (exact) mass is 287 g/mol. The van der Waals surface area contributed by atoms with E-state index in [0.717, 1.165) is 0 Å². The van der Waals surface area contributed by atoms with Gasteiger partial charge in [-0.25, -0.2) is 0 Å². The van der Waals surface area contributed by atoms with Crippen molar-refractivity contribution in [3.05, 3.63) is 0 Å². The van der Waals surface area contributed by atoms with E-state index in [1.165, 1.54) is 4.90 Å². The van der Waals surface area contributed by atoms with Gasteiger partial charge >= 0.3 is 5.97 Å². The van der Waals surface area contributed by atoms with Gasteiger partial charge in [0.25, 0.3) is 0 Å². The fraction of sp³-hybridized carbons (Fsp3) is 0.636. The van der Waals surface area contributed by atoms with Crippen LogP contribution in [0.15, 0.2) is 0 Å². The normalized spacial score (nSPS) is 17.6. The predicted molar refractivity (Wildman–Crippen MR) is 65.5 cm³/mol. The van der Waals surface area contributed by atoms with Gasteiger partial charge in [0.2, 0.25) is 17.7 Å². The Labute approximate surface area is 114 Å². The van der Waals surface area contributed by atoms with Gasteiger partial charge in [0, 0.05) is 6.54 Å². The summed E-state index contributed by atoms with van der Waals surface area (Å²) in [4.78, 5) is 46.0. The molecule has 1 unspecified atom stereocenters. The summed E-state index contributed by atoms with van der Waals surface area (Å²) in [5, 5.41) is 21.6. The largest absolute Gasteiger partial charge is 0.480 e. The Hall–Kier alpha value is -2.16. The second kappa shape index (κ2) is 7.43. The number of nitrogens with zero attached hydrogens (tertiary/aromatic N) is 1. The summed E-state index contributed by atoms with van der Waals surface area (Å²) in [5.41, 5.74) is 0. The van der Waals surface area contributed by atoms with Gasteiger partial charge < -0.3 is 25.7 Å². The van der Waals surface area contributed by atoms with Crippen LogP contribution < -0.4 is 10.6 Å². The molecule has 0 aliphatic carbocycles. The number of likely N-dealkylation sites (tertiary alicyclic amines) is 1. The maximum Gasteiger partial charge on any atom is 0.322 e. The van der Waals surface area contributed by atoms with Crippen molar-refractivity contribution in [2.45, 2.75) is 18.9 Å². The van der Waals surface area contributed by atoms with Crippen LogP contribution in [0.4, 0.5) is 0 Å². The Bertz CT molecular complexity index is 411. The molecule has 9 heteroatoms. The molecule has 1 aliphatic heterocycles. The number of carboxylic acids is 1. The number of aliphatic hydroxyl groups excluding tert-OH is 1. The zero-order valence-electron chi connectivity index (χ0n) is 10.8. The fourth-order valence-corrected chi connectivity index (χ4v) is 1.95. The maximum absolute atomic E-state index is 11.8. The van der Waals surface area contributed by atoms with Gasteiger partial charge in [0.1, 0.15) is 19.2 Å². The molecule has 1 aliphatic rings. The lowest BCUT2D eigenvalue weighted by Crippen LogP contribution is -2.49. The van der Waals surface area contributed by atoms with Crippen LogP contribution in [0.5, 0.6) is 0 Å². The molecule has 0 saturated carbocycles. The standard InChI is InChI=1S/C11H17N3O6/c15-6-9(17)14-3-1-2-7(14)11(20)13-4-8(16)12-5-10(18)19/h7,15H,1-6H2,(H,12,16)(H,13,20)(H,18,19). The lowest BCUT2D eigenvalue weighted by atomic mass is 10.2. The lowest BCUT2D eigenvalue weighted by molar-refractivity contribution is -0.141. The van der Waals surface area contributed by atoms with Crippen molar-refractivity contribution >= 4 is 23.7 Å². The first kappa shape index (κ1) is 15.9. The highest BCUT2D eigenvalue weighted by Gasteiger charge is 2.33. The molecule has 0 spiro atoms. The summed E-state index contributed by atoms with van der Waals surface area (Å²) in [5.74, 6) is -2.83. The second-order valence-electron chi connectivity index (χ2n) is 4.29. The van der Waals surface area contributed by atoms with E-state index < -0.39 is 42.9 Å². The maximum atomic E-state index is 11.8. The van der Waals surface area contributed by atoms with Gasteiger partial charge in [-0.2, -0.15) is 0 Å². The van der Waals surface area contributed by atoms with E-state index in [0.29, 0.717) is 19.4 Å². The molecule has 1 saturated heterocycles. The lowest BCUT2D eigenvalue weighted by Gasteiger charge is -2.22. The minimum Gasteiger partial charge on any atom is -0.480 e. The smallest absolute Gasteiger partial charge is 0.322 e. The molecule has 1 heterocycles. The summed E-state index contributed by atoms with van der Waals surface area (Å²) in [6.07, 6.45) is 1.11. The zero-order valence-corrected chi connectivity index (χ0v) is 10.8. The number of carbonyl (C=O) groups excluding carboxylic acids is 3. The van der Waals surface area contributed by atoms with Gasteiger partial charge in [-0.05, 0) is 12.8 Å². The molecule has 0 aromatic carbocycles. The highest BCUT2D eigenvalue weighted by atomic mass is 16.4. The molecule has 3 amide bonds. The van der Waals surface area contributed by atoms with Crippen molar-refractivity contribution < 1.29 is 29.4 Å². The van der Waals surface area contributed by atoms with Crippen molar-refractivity contribution in [2.24, 2.45) is 0 Å². The van der Waals surface area contributed by atoms with Crippen molar-refractivity contribution in [1.82, 2.24) is 15.5 Å². The minimum atomic E-state index is -1.18. The van der Waals surface area contributed by atoms with E-state index in [2.05, 4.69) is 10.6 Å². The van der Waals surface area contributed by atoms with E-state index in [1.54, 1.807) is 0 Å².